The van der Waals surface area contributed by atoms with E-state index in [1.165, 1.54) is 0 Å². The molecule has 5 nitrogen and oxygen atoms in total. The highest BCUT2D eigenvalue weighted by Gasteiger charge is 2.36. The van der Waals surface area contributed by atoms with E-state index in [-0.39, 0.29) is 5.54 Å². The zero-order valence-electron chi connectivity index (χ0n) is 9.29. The molecule has 0 saturated heterocycles. The lowest BCUT2D eigenvalue weighted by Crippen LogP contribution is -2.51. The fourth-order valence-corrected chi connectivity index (χ4v) is 1.67. The Labute approximate surface area is 84.8 Å². The minimum atomic E-state index is -1.16. The van der Waals surface area contributed by atoms with Crippen LogP contribution in [0.2, 0.25) is 0 Å². The molecule has 0 aliphatic rings. The highest BCUT2D eigenvalue weighted by atomic mass is 16.3. The molecule has 1 amide bonds. The van der Waals surface area contributed by atoms with Crippen molar-refractivity contribution in [3.05, 3.63) is 0 Å². The maximum atomic E-state index is 10.8. The van der Waals surface area contributed by atoms with Crippen LogP contribution in [-0.4, -0.2) is 22.7 Å². The van der Waals surface area contributed by atoms with E-state index < -0.39 is 17.4 Å². The number of primary amides is 1. The normalized spacial score (nSPS) is 15.3. The molecular formula is C9H21N3O2. The van der Waals surface area contributed by atoms with Crippen molar-refractivity contribution in [1.82, 2.24) is 5.43 Å². The number of hydrogen-bond donors (Lipinski definition) is 4. The molecule has 0 bridgehead atoms. The molecule has 0 spiro atoms. The lowest BCUT2D eigenvalue weighted by Gasteiger charge is -2.36. The van der Waals surface area contributed by atoms with Crippen molar-refractivity contribution in [2.45, 2.75) is 45.8 Å². The summed E-state index contributed by atoms with van der Waals surface area (Å²) < 4.78 is 0. The quantitative estimate of drug-likeness (QED) is 0.357. The van der Waals surface area contributed by atoms with Crippen LogP contribution in [0.3, 0.4) is 0 Å². The number of nitrogens with two attached hydrogens (primary N) is 2. The van der Waals surface area contributed by atoms with E-state index in [9.17, 15) is 9.90 Å². The molecule has 1 unspecified atom stereocenters. The van der Waals surface area contributed by atoms with Gasteiger partial charge < -0.3 is 10.8 Å². The Balaban J connectivity index is 4.56. The fourth-order valence-electron chi connectivity index (χ4n) is 1.67. The van der Waals surface area contributed by atoms with Crippen molar-refractivity contribution in [3.63, 3.8) is 0 Å². The minimum Gasteiger partial charge on any atom is -0.383 e. The molecule has 0 aliphatic carbocycles. The maximum absolute atomic E-state index is 10.8. The van der Waals surface area contributed by atoms with Crippen LogP contribution in [0.1, 0.15) is 34.1 Å². The summed E-state index contributed by atoms with van der Waals surface area (Å²) in [5.74, 6) is 4.64. The second-order valence-electron chi connectivity index (χ2n) is 5.00. The molecule has 0 radical (unpaired) electrons. The Bertz CT molecular complexity index is 214. The Morgan fingerprint density at radius 1 is 1.43 bits per heavy atom. The van der Waals surface area contributed by atoms with Crippen molar-refractivity contribution in [2.24, 2.45) is 17.0 Å². The van der Waals surface area contributed by atoms with E-state index in [2.05, 4.69) is 5.43 Å². The summed E-state index contributed by atoms with van der Waals surface area (Å²) in [7, 11) is 0. The average molecular weight is 203 g/mol. The zero-order chi connectivity index (χ0) is 11.6. The predicted octanol–water partition coefficient (Wildman–Crippen LogP) is -0.509. The first-order valence-electron chi connectivity index (χ1n) is 4.57. The van der Waals surface area contributed by atoms with Crippen LogP contribution in [0, 0.1) is 5.41 Å². The van der Waals surface area contributed by atoms with Gasteiger partial charge >= 0.3 is 0 Å². The zero-order valence-corrected chi connectivity index (χ0v) is 9.29. The van der Waals surface area contributed by atoms with Crippen LogP contribution in [0.4, 0.5) is 0 Å². The van der Waals surface area contributed by atoms with Crippen LogP contribution in [0.15, 0.2) is 0 Å². The summed E-state index contributed by atoms with van der Waals surface area (Å²) >= 11 is 0. The first kappa shape index (κ1) is 13.4. The van der Waals surface area contributed by atoms with Crippen LogP contribution >= 0.6 is 0 Å². The Hall–Kier alpha value is -0.650. The molecule has 1 atom stereocenters. The SMILES string of the molecule is CC(C)(CC(C)(C)C(O)C(N)=O)NN. The molecule has 14 heavy (non-hydrogen) atoms. The van der Waals surface area contributed by atoms with E-state index in [4.69, 9.17) is 11.6 Å². The molecule has 0 aromatic rings. The monoisotopic (exact) mass is 203 g/mol. The van der Waals surface area contributed by atoms with Crippen LogP contribution in [0.5, 0.6) is 0 Å². The Morgan fingerprint density at radius 3 is 2.14 bits per heavy atom. The lowest BCUT2D eigenvalue weighted by molar-refractivity contribution is -0.132. The number of carbonyl (C=O) groups is 1. The largest absolute Gasteiger partial charge is 0.383 e. The number of hydrogen-bond acceptors (Lipinski definition) is 4. The van der Waals surface area contributed by atoms with Gasteiger partial charge in [0.25, 0.3) is 0 Å². The van der Waals surface area contributed by atoms with Gasteiger partial charge in [0.1, 0.15) is 6.10 Å². The molecule has 6 N–H and O–H groups in total. The smallest absolute Gasteiger partial charge is 0.246 e. The summed E-state index contributed by atoms with van der Waals surface area (Å²) in [4.78, 5) is 10.8. The summed E-state index contributed by atoms with van der Waals surface area (Å²) in [6, 6.07) is 0. The second kappa shape index (κ2) is 4.25. The molecule has 84 valence electrons. The van der Waals surface area contributed by atoms with Gasteiger partial charge in [-0.2, -0.15) is 0 Å². The number of aliphatic hydroxyl groups excluding tert-OH is 1. The molecule has 5 heteroatoms. The topological polar surface area (TPSA) is 101 Å². The average Bonchev–Trinajstić information content (AvgIpc) is 2.01. The van der Waals surface area contributed by atoms with E-state index in [0.29, 0.717) is 6.42 Å². The lowest BCUT2D eigenvalue weighted by atomic mass is 9.76. The maximum Gasteiger partial charge on any atom is 0.246 e. The number of aliphatic hydroxyl groups is 1. The number of carbonyl (C=O) groups excluding carboxylic acids is 1. The van der Waals surface area contributed by atoms with Gasteiger partial charge in [-0.15, -0.1) is 0 Å². The molecule has 0 aliphatic heterocycles. The standard InChI is InChI=1S/C9H21N3O2/c1-8(2,6(13)7(10)14)5-9(3,4)12-11/h6,12-13H,5,11H2,1-4H3,(H2,10,14). The van der Waals surface area contributed by atoms with Crippen LogP contribution in [-0.2, 0) is 4.79 Å². The summed E-state index contributed by atoms with van der Waals surface area (Å²) in [6.07, 6.45) is -0.615. The molecule has 0 aromatic carbocycles. The van der Waals surface area contributed by atoms with Crippen molar-refractivity contribution in [3.8, 4) is 0 Å². The highest BCUT2D eigenvalue weighted by molar-refractivity contribution is 5.79. The van der Waals surface area contributed by atoms with Crippen LogP contribution < -0.4 is 17.0 Å². The van der Waals surface area contributed by atoms with Crippen molar-refractivity contribution in [2.75, 3.05) is 0 Å². The molecule has 0 heterocycles. The van der Waals surface area contributed by atoms with Crippen molar-refractivity contribution in [1.29, 1.82) is 0 Å². The first-order chi connectivity index (χ1) is 6.12. The van der Waals surface area contributed by atoms with E-state index >= 15 is 0 Å². The van der Waals surface area contributed by atoms with Gasteiger partial charge in [-0.25, -0.2) is 0 Å². The molecule has 0 fully saturated rings. The minimum absolute atomic E-state index is 0.347. The predicted molar refractivity (Wildman–Crippen MR) is 55.0 cm³/mol. The molecular weight excluding hydrogens is 182 g/mol. The summed E-state index contributed by atoms with van der Waals surface area (Å²) in [5, 5.41) is 9.57. The van der Waals surface area contributed by atoms with Gasteiger partial charge in [0.2, 0.25) is 5.91 Å². The van der Waals surface area contributed by atoms with Crippen molar-refractivity contribution < 1.29 is 9.90 Å². The highest BCUT2D eigenvalue weighted by Crippen LogP contribution is 2.30. The fraction of sp³-hybridized carbons (Fsp3) is 0.889. The number of rotatable bonds is 5. The van der Waals surface area contributed by atoms with E-state index in [0.717, 1.165) is 0 Å². The summed E-state index contributed by atoms with van der Waals surface area (Å²) in [6.45, 7) is 7.34. The van der Waals surface area contributed by atoms with Gasteiger partial charge in [0, 0.05) is 11.0 Å². The molecule has 0 saturated carbocycles. The first-order valence-corrected chi connectivity index (χ1v) is 4.57. The Morgan fingerprint density at radius 2 is 1.86 bits per heavy atom. The van der Waals surface area contributed by atoms with E-state index in [1.54, 1.807) is 13.8 Å². The van der Waals surface area contributed by atoms with Gasteiger partial charge in [-0.3, -0.25) is 16.1 Å². The van der Waals surface area contributed by atoms with Gasteiger partial charge in [-0.05, 0) is 20.3 Å². The van der Waals surface area contributed by atoms with Gasteiger partial charge in [0.05, 0.1) is 0 Å². The number of amides is 1. The number of hydrazine groups is 1. The van der Waals surface area contributed by atoms with Gasteiger partial charge in [0.15, 0.2) is 0 Å². The summed E-state index contributed by atoms with van der Waals surface area (Å²) in [5.41, 5.74) is 6.73. The third-order valence-electron chi connectivity index (χ3n) is 2.30. The van der Waals surface area contributed by atoms with Gasteiger partial charge in [-0.1, -0.05) is 13.8 Å². The molecule has 0 rings (SSSR count). The number of nitrogens with one attached hydrogen (secondary N) is 1. The molecule has 0 aromatic heterocycles. The third-order valence-corrected chi connectivity index (χ3v) is 2.30. The second-order valence-corrected chi connectivity index (χ2v) is 5.00. The van der Waals surface area contributed by atoms with Crippen molar-refractivity contribution >= 4 is 5.91 Å². The third kappa shape index (κ3) is 3.61. The van der Waals surface area contributed by atoms with E-state index in [1.807, 2.05) is 13.8 Å². The Kier molecular flexibility index (Phi) is 4.05. The van der Waals surface area contributed by atoms with Crippen LogP contribution in [0.25, 0.3) is 0 Å².